The monoisotopic (exact) mass is 287 g/mol. The second-order valence-electron chi connectivity index (χ2n) is 6.21. The zero-order valence-electron chi connectivity index (χ0n) is 12.7. The Morgan fingerprint density at radius 2 is 2.05 bits per heavy atom. The molecule has 1 fully saturated rings. The Labute approximate surface area is 126 Å². The predicted octanol–water partition coefficient (Wildman–Crippen LogP) is 1.60. The molecule has 1 saturated heterocycles. The van der Waals surface area contributed by atoms with Crippen molar-refractivity contribution in [2.45, 2.75) is 50.7 Å². The van der Waals surface area contributed by atoms with Crippen molar-refractivity contribution in [3.8, 4) is 0 Å². The summed E-state index contributed by atoms with van der Waals surface area (Å²) in [6.45, 7) is 3.68. The molecule has 4 heteroatoms. The van der Waals surface area contributed by atoms with Crippen LogP contribution in [0, 0.1) is 0 Å². The van der Waals surface area contributed by atoms with Crippen LogP contribution in [0.5, 0.6) is 0 Å². The quantitative estimate of drug-likeness (QED) is 0.888. The van der Waals surface area contributed by atoms with Crippen molar-refractivity contribution in [2.75, 3.05) is 13.1 Å². The molecule has 1 aliphatic heterocycles. The zero-order valence-corrected chi connectivity index (χ0v) is 12.7. The summed E-state index contributed by atoms with van der Waals surface area (Å²) in [5.41, 5.74) is 9.04. The van der Waals surface area contributed by atoms with Gasteiger partial charge in [-0.25, -0.2) is 0 Å². The number of rotatable bonds is 3. The Balaban J connectivity index is 1.54. The van der Waals surface area contributed by atoms with Crippen LogP contribution in [0.3, 0.4) is 0 Å². The third-order valence-electron chi connectivity index (χ3n) is 4.89. The second-order valence-corrected chi connectivity index (χ2v) is 6.21. The molecule has 1 amide bonds. The molecule has 1 aliphatic carbocycles. The molecule has 3 N–H and O–H groups in total. The predicted molar refractivity (Wildman–Crippen MR) is 83.9 cm³/mol. The normalized spacial score (nSPS) is 25.9. The third kappa shape index (κ3) is 2.97. The number of fused-ring (bicyclic) bond motifs is 1. The molecule has 0 unspecified atom stereocenters. The maximum atomic E-state index is 11.7. The van der Waals surface area contributed by atoms with Crippen molar-refractivity contribution in [3.05, 3.63) is 35.4 Å². The fraction of sp³-hybridized carbons (Fsp3) is 0.588. The van der Waals surface area contributed by atoms with Crippen LogP contribution in [0.25, 0.3) is 0 Å². The molecule has 3 rings (SSSR count). The van der Waals surface area contributed by atoms with Crippen molar-refractivity contribution < 1.29 is 4.79 Å². The third-order valence-corrected chi connectivity index (χ3v) is 4.89. The Morgan fingerprint density at radius 3 is 2.71 bits per heavy atom. The van der Waals surface area contributed by atoms with Gasteiger partial charge < -0.3 is 16.0 Å². The van der Waals surface area contributed by atoms with Gasteiger partial charge in [-0.3, -0.25) is 4.79 Å². The number of nitrogens with two attached hydrogens (primary N) is 1. The fourth-order valence-electron chi connectivity index (χ4n) is 3.61. The molecule has 0 aromatic heterocycles. The lowest BCUT2D eigenvalue weighted by Crippen LogP contribution is -2.49. The van der Waals surface area contributed by atoms with Gasteiger partial charge in [-0.05, 0) is 30.4 Å². The number of carbonyl (C=O) groups is 1. The molecule has 1 aromatic rings. The highest BCUT2D eigenvalue weighted by Crippen LogP contribution is 2.30. The summed E-state index contributed by atoms with van der Waals surface area (Å²) in [6.07, 6.45) is 3.70. The van der Waals surface area contributed by atoms with Crippen molar-refractivity contribution >= 4 is 5.91 Å². The number of piperidine rings is 1. The first-order chi connectivity index (χ1) is 10.2. The smallest absolute Gasteiger partial charge is 0.222 e. The number of benzene rings is 1. The minimum Gasteiger partial charge on any atom is -0.343 e. The largest absolute Gasteiger partial charge is 0.343 e. The highest BCUT2D eigenvalue weighted by molar-refractivity contribution is 5.75. The molecule has 0 saturated carbocycles. The summed E-state index contributed by atoms with van der Waals surface area (Å²) in [6, 6.07) is 9.39. The average Bonchev–Trinajstić information content (AvgIpc) is 2.84. The maximum Gasteiger partial charge on any atom is 0.222 e. The Morgan fingerprint density at radius 1 is 1.33 bits per heavy atom. The van der Waals surface area contributed by atoms with E-state index in [-0.39, 0.29) is 11.9 Å². The number of nitrogens with one attached hydrogen (secondary N) is 1. The molecular formula is C17H25N3O. The SMILES string of the molecule is CCC(=O)N1CCC(N[C@@H]2Cc3ccccc3[C@H]2N)CC1. The topological polar surface area (TPSA) is 58.4 Å². The highest BCUT2D eigenvalue weighted by atomic mass is 16.2. The van der Waals surface area contributed by atoms with E-state index in [2.05, 4.69) is 29.6 Å². The number of nitrogens with zero attached hydrogens (tertiary/aromatic N) is 1. The van der Waals surface area contributed by atoms with Crippen molar-refractivity contribution in [1.29, 1.82) is 0 Å². The van der Waals surface area contributed by atoms with Gasteiger partial charge in [0.05, 0.1) is 0 Å². The van der Waals surface area contributed by atoms with E-state index in [9.17, 15) is 4.79 Å². The van der Waals surface area contributed by atoms with E-state index in [1.165, 1.54) is 11.1 Å². The lowest BCUT2D eigenvalue weighted by molar-refractivity contribution is -0.131. The van der Waals surface area contributed by atoms with Gasteiger partial charge >= 0.3 is 0 Å². The van der Waals surface area contributed by atoms with Crippen LogP contribution in [-0.4, -0.2) is 36.0 Å². The van der Waals surface area contributed by atoms with Gasteiger partial charge in [0.2, 0.25) is 5.91 Å². The van der Waals surface area contributed by atoms with E-state index in [0.717, 1.165) is 32.4 Å². The second kappa shape index (κ2) is 6.16. The van der Waals surface area contributed by atoms with Crippen LogP contribution in [0.2, 0.25) is 0 Å². The first-order valence-electron chi connectivity index (χ1n) is 8.06. The average molecular weight is 287 g/mol. The van der Waals surface area contributed by atoms with Crippen LogP contribution < -0.4 is 11.1 Å². The van der Waals surface area contributed by atoms with Crippen LogP contribution >= 0.6 is 0 Å². The molecule has 2 aliphatic rings. The van der Waals surface area contributed by atoms with Gasteiger partial charge in [0.1, 0.15) is 0 Å². The van der Waals surface area contributed by atoms with Crippen LogP contribution in [-0.2, 0) is 11.2 Å². The first-order valence-corrected chi connectivity index (χ1v) is 8.06. The lowest BCUT2D eigenvalue weighted by atomic mass is 10.0. The van der Waals surface area contributed by atoms with Gasteiger partial charge in [0.15, 0.2) is 0 Å². The molecule has 1 heterocycles. The van der Waals surface area contributed by atoms with Gasteiger partial charge in [0.25, 0.3) is 0 Å². The van der Waals surface area contributed by atoms with Gasteiger partial charge in [-0.2, -0.15) is 0 Å². The number of likely N-dealkylation sites (tertiary alicyclic amines) is 1. The lowest BCUT2D eigenvalue weighted by Gasteiger charge is -2.34. The summed E-state index contributed by atoms with van der Waals surface area (Å²) in [7, 11) is 0. The van der Waals surface area contributed by atoms with E-state index >= 15 is 0 Å². The molecule has 4 nitrogen and oxygen atoms in total. The Kier molecular flexibility index (Phi) is 4.27. The molecule has 2 atom stereocenters. The van der Waals surface area contributed by atoms with Crippen molar-refractivity contribution in [2.24, 2.45) is 5.73 Å². The number of amides is 1. The van der Waals surface area contributed by atoms with Crippen LogP contribution in [0.1, 0.15) is 43.4 Å². The fourth-order valence-corrected chi connectivity index (χ4v) is 3.61. The maximum absolute atomic E-state index is 11.7. The molecule has 21 heavy (non-hydrogen) atoms. The molecule has 0 bridgehead atoms. The first kappa shape index (κ1) is 14.5. The van der Waals surface area contributed by atoms with Gasteiger partial charge in [-0.15, -0.1) is 0 Å². The molecular weight excluding hydrogens is 262 g/mol. The minimum absolute atomic E-state index is 0.0940. The minimum atomic E-state index is 0.0940. The summed E-state index contributed by atoms with van der Waals surface area (Å²) >= 11 is 0. The number of hydrogen-bond acceptors (Lipinski definition) is 3. The van der Waals surface area contributed by atoms with E-state index in [0.29, 0.717) is 18.5 Å². The molecule has 0 radical (unpaired) electrons. The van der Waals surface area contributed by atoms with Crippen LogP contribution in [0.15, 0.2) is 24.3 Å². The van der Waals surface area contributed by atoms with E-state index in [1.807, 2.05) is 11.8 Å². The summed E-state index contributed by atoms with van der Waals surface area (Å²) in [4.78, 5) is 13.7. The Bertz CT molecular complexity index is 509. The van der Waals surface area contributed by atoms with E-state index in [1.54, 1.807) is 0 Å². The van der Waals surface area contributed by atoms with Crippen LogP contribution in [0.4, 0.5) is 0 Å². The summed E-state index contributed by atoms with van der Waals surface area (Å²) < 4.78 is 0. The zero-order chi connectivity index (χ0) is 14.8. The molecule has 114 valence electrons. The highest BCUT2D eigenvalue weighted by Gasteiger charge is 2.32. The summed E-state index contributed by atoms with van der Waals surface area (Å²) in [5, 5.41) is 3.73. The van der Waals surface area contributed by atoms with Gasteiger partial charge in [0, 0.05) is 37.6 Å². The molecule has 0 spiro atoms. The van der Waals surface area contributed by atoms with E-state index < -0.39 is 0 Å². The summed E-state index contributed by atoms with van der Waals surface area (Å²) in [5.74, 6) is 0.276. The van der Waals surface area contributed by atoms with Gasteiger partial charge in [-0.1, -0.05) is 31.2 Å². The molecule has 1 aromatic carbocycles. The Hall–Kier alpha value is -1.39. The number of hydrogen-bond donors (Lipinski definition) is 2. The van der Waals surface area contributed by atoms with Crippen molar-refractivity contribution in [1.82, 2.24) is 10.2 Å². The number of carbonyl (C=O) groups excluding carboxylic acids is 1. The standard InChI is InChI=1S/C17H25N3O/c1-2-16(21)20-9-7-13(8-10-20)19-15-11-12-5-3-4-6-14(12)17(15)18/h3-6,13,15,17,19H,2,7-11,18H2,1H3/t15-,17-/m1/s1. The van der Waals surface area contributed by atoms with Crippen molar-refractivity contribution in [3.63, 3.8) is 0 Å². The van der Waals surface area contributed by atoms with E-state index in [4.69, 9.17) is 5.73 Å².